The monoisotopic (exact) mass is 278 g/mol. The predicted octanol–water partition coefficient (Wildman–Crippen LogP) is 2.00. The number of sulfonamides is 1. The Kier molecular flexibility index (Phi) is 3.93. The largest absolute Gasteiger partial charge is 0.241 e. The molecule has 0 radical (unpaired) electrons. The molecule has 5 heteroatoms. The lowest BCUT2D eigenvalue weighted by Crippen LogP contribution is -2.37. The van der Waals surface area contributed by atoms with E-state index in [9.17, 15) is 8.42 Å². The topological polar surface area (TPSA) is 70.0 Å². The average Bonchev–Trinajstić information content (AvgIpc) is 2.82. The van der Waals surface area contributed by atoms with E-state index in [0.717, 1.165) is 24.8 Å². The summed E-state index contributed by atoms with van der Waals surface area (Å²) in [4.78, 5) is 0.258. The van der Waals surface area contributed by atoms with Crippen LogP contribution in [0.1, 0.15) is 31.4 Å². The van der Waals surface area contributed by atoms with E-state index in [1.165, 1.54) is 5.56 Å². The Morgan fingerprint density at radius 2 is 1.95 bits per heavy atom. The van der Waals surface area contributed by atoms with Crippen molar-refractivity contribution < 1.29 is 8.42 Å². The second kappa shape index (κ2) is 5.32. The van der Waals surface area contributed by atoms with Crippen molar-refractivity contribution >= 4 is 10.0 Å². The highest BCUT2D eigenvalue weighted by atomic mass is 32.2. The second-order valence-electron chi connectivity index (χ2n) is 5.26. The van der Waals surface area contributed by atoms with Crippen LogP contribution in [0, 0.1) is 17.2 Å². The van der Waals surface area contributed by atoms with Crippen molar-refractivity contribution in [3.05, 3.63) is 29.3 Å². The van der Waals surface area contributed by atoms with Crippen LogP contribution in [-0.2, 0) is 22.9 Å². The molecule has 1 unspecified atom stereocenters. The predicted molar refractivity (Wildman–Crippen MR) is 73.0 cm³/mol. The van der Waals surface area contributed by atoms with E-state index >= 15 is 0 Å². The Hall–Kier alpha value is -1.38. The van der Waals surface area contributed by atoms with Crippen molar-refractivity contribution in [1.82, 2.24) is 4.72 Å². The Morgan fingerprint density at radius 3 is 2.58 bits per heavy atom. The maximum atomic E-state index is 12.2. The van der Waals surface area contributed by atoms with Crippen LogP contribution in [0.25, 0.3) is 0 Å². The summed E-state index contributed by atoms with van der Waals surface area (Å²) in [6.07, 6.45) is 3.04. The first-order valence-corrected chi connectivity index (χ1v) is 7.96. The Balaban J connectivity index is 2.28. The molecule has 19 heavy (non-hydrogen) atoms. The number of rotatable bonds is 4. The van der Waals surface area contributed by atoms with Crippen LogP contribution >= 0.6 is 0 Å². The molecule has 1 aliphatic carbocycles. The van der Waals surface area contributed by atoms with Gasteiger partial charge in [-0.2, -0.15) is 9.98 Å². The lowest BCUT2D eigenvalue weighted by atomic mass is 10.1. The third-order valence-electron chi connectivity index (χ3n) is 3.47. The van der Waals surface area contributed by atoms with Crippen LogP contribution in [-0.4, -0.2) is 14.5 Å². The number of benzene rings is 1. The number of hydrogen-bond acceptors (Lipinski definition) is 3. The van der Waals surface area contributed by atoms with Gasteiger partial charge in [0, 0.05) is 0 Å². The third-order valence-corrected chi connectivity index (χ3v) is 4.91. The van der Waals surface area contributed by atoms with Gasteiger partial charge in [0.15, 0.2) is 0 Å². The van der Waals surface area contributed by atoms with Crippen LogP contribution in [0.15, 0.2) is 23.1 Å². The smallest absolute Gasteiger partial charge is 0.207 e. The molecular formula is C14H18N2O2S. The van der Waals surface area contributed by atoms with E-state index < -0.39 is 16.1 Å². The second-order valence-corrected chi connectivity index (χ2v) is 6.97. The zero-order valence-electron chi connectivity index (χ0n) is 11.2. The average molecular weight is 278 g/mol. The van der Waals surface area contributed by atoms with Crippen molar-refractivity contribution in [1.29, 1.82) is 5.26 Å². The SMILES string of the molecule is CC(C)C(C#N)NS(=O)(=O)c1ccc2c(c1)CCC2. The number of hydrogen-bond donors (Lipinski definition) is 1. The number of nitrogens with zero attached hydrogens (tertiary/aromatic N) is 1. The van der Waals surface area contributed by atoms with Crippen molar-refractivity contribution in [2.75, 3.05) is 0 Å². The molecule has 1 atom stereocenters. The minimum atomic E-state index is -3.61. The van der Waals surface area contributed by atoms with Gasteiger partial charge in [-0.3, -0.25) is 0 Å². The van der Waals surface area contributed by atoms with Crippen molar-refractivity contribution in [2.24, 2.45) is 5.92 Å². The van der Waals surface area contributed by atoms with Crippen LogP contribution in [0.5, 0.6) is 0 Å². The van der Waals surface area contributed by atoms with Gasteiger partial charge < -0.3 is 0 Å². The molecule has 1 aromatic rings. The van der Waals surface area contributed by atoms with Gasteiger partial charge in [-0.25, -0.2) is 8.42 Å². The van der Waals surface area contributed by atoms with E-state index in [-0.39, 0.29) is 10.8 Å². The summed E-state index contributed by atoms with van der Waals surface area (Å²) < 4.78 is 26.9. The fourth-order valence-corrected chi connectivity index (χ4v) is 3.60. The van der Waals surface area contributed by atoms with Gasteiger partial charge in [0.1, 0.15) is 6.04 Å². The molecule has 0 aliphatic heterocycles. The van der Waals surface area contributed by atoms with E-state index in [2.05, 4.69) is 4.72 Å². The maximum Gasteiger partial charge on any atom is 0.241 e. The van der Waals surface area contributed by atoms with Crippen LogP contribution < -0.4 is 4.72 Å². The van der Waals surface area contributed by atoms with Gasteiger partial charge in [0.05, 0.1) is 11.0 Å². The molecule has 1 N–H and O–H groups in total. The zero-order valence-corrected chi connectivity index (χ0v) is 12.0. The van der Waals surface area contributed by atoms with Crippen molar-refractivity contribution in [3.8, 4) is 6.07 Å². The summed E-state index contributed by atoms with van der Waals surface area (Å²) in [5.41, 5.74) is 2.35. The highest BCUT2D eigenvalue weighted by Crippen LogP contribution is 2.24. The first-order chi connectivity index (χ1) is 8.94. The normalized spacial score (nSPS) is 16.1. The third kappa shape index (κ3) is 2.96. The lowest BCUT2D eigenvalue weighted by molar-refractivity contribution is 0.515. The van der Waals surface area contributed by atoms with Crippen molar-refractivity contribution in [2.45, 2.75) is 44.0 Å². The Labute approximate surface area is 114 Å². The van der Waals surface area contributed by atoms with Crippen molar-refractivity contribution in [3.63, 3.8) is 0 Å². The molecule has 1 aromatic carbocycles. The van der Waals surface area contributed by atoms with Crippen LogP contribution in [0.3, 0.4) is 0 Å². The van der Waals surface area contributed by atoms with E-state index in [1.807, 2.05) is 26.0 Å². The lowest BCUT2D eigenvalue weighted by Gasteiger charge is -2.15. The summed E-state index contributed by atoms with van der Waals surface area (Å²) >= 11 is 0. The van der Waals surface area contributed by atoms with Gasteiger partial charge in [-0.05, 0) is 48.4 Å². The molecule has 0 bridgehead atoms. The summed E-state index contributed by atoms with van der Waals surface area (Å²) in [6, 6.07) is 6.54. The van der Waals surface area contributed by atoms with Gasteiger partial charge in [-0.15, -0.1) is 0 Å². The number of nitriles is 1. The van der Waals surface area contributed by atoms with E-state index in [0.29, 0.717) is 0 Å². The van der Waals surface area contributed by atoms with Crippen LogP contribution in [0.2, 0.25) is 0 Å². The molecule has 4 nitrogen and oxygen atoms in total. The fraction of sp³-hybridized carbons (Fsp3) is 0.500. The standard InChI is InChI=1S/C14H18N2O2S/c1-10(2)14(9-15)16-19(17,18)13-7-6-11-4-3-5-12(11)8-13/h6-8,10,14,16H,3-5H2,1-2H3. The molecule has 0 aromatic heterocycles. The first kappa shape index (κ1) is 14.0. The number of aryl methyl sites for hydroxylation is 2. The molecule has 1 aliphatic rings. The first-order valence-electron chi connectivity index (χ1n) is 6.48. The van der Waals surface area contributed by atoms with Gasteiger partial charge in [-0.1, -0.05) is 19.9 Å². The van der Waals surface area contributed by atoms with Crippen LogP contribution in [0.4, 0.5) is 0 Å². The Bertz CT molecular complexity index is 615. The zero-order chi connectivity index (χ0) is 14.0. The quantitative estimate of drug-likeness (QED) is 0.915. The van der Waals surface area contributed by atoms with E-state index in [1.54, 1.807) is 12.1 Å². The minimum Gasteiger partial charge on any atom is -0.207 e. The molecule has 0 heterocycles. The molecule has 0 amide bonds. The van der Waals surface area contributed by atoms with Gasteiger partial charge >= 0.3 is 0 Å². The number of nitrogens with one attached hydrogen (secondary N) is 1. The maximum absolute atomic E-state index is 12.2. The molecule has 102 valence electrons. The molecule has 2 rings (SSSR count). The summed E-state index contributed by atoms with van der Waals surface area (Å²) in [5.74, 6) is -0.0609. The van der Waals surface area contributed by atoms with E-state index in [4.69, 9.17) is 5.26 Å². The molecule has 0 fully saturated rings. The molecule has 0 saturated carbocycles. The summed E-state index contributed by atoms with van der Waals surface area (Å²) in [7, 11) is -3.61. The van der Waals surface area contributed by atoms with Gasteiger partial charge in [0.25, 0.3) is 0 Å². The minimum absolute atomic E-state index is 0.0609. The number of fused-ring (bicyclic) bond motifs is 1. The molecular weight excluding hydrogens is 260 g/mol. The highest BCUT2D eigenvalue weighted by molar-refractivity contribution is 7.89. The fourth-order valence-electron chi connectivity index (χ4n) is 2.26. The summed E-state index contributed by atoms with van der Waals surface area (Å²) in [5, 5.41) is 8.98. The molecule has 0 spiro atoms. The van der Waals surface area contributed by atoms with Gasteiger partial charge in [0.2, 0.25) is 10.0 Å². The summed E-state index contributed by atoms with van der Waals surface area (Å²) in [6.45, 7) is 3.64. The highest BCUT2D eigenvalue weighted by Gasteiger charge is 2.23. The Morgan fingerprint density at radius 1 is 1.26 bits per heavy atom. The molecule has 0 saturated heterocycles.